The first-order valence-corrected chi connectivity index (χ1v) is 13.5. The molecule has 1 aliphatic rings. The number of imidazole rings is 1. The summed E-state index contributed by atoms with van der Waals surface area (Å²) in [4.78, 5) is 29.2. The molecular formula is C26H27AsF2N3O3. The molecule has 1 aromatic heterocycles. The van der Waals surface area contributed by atoms with Gasteiger partial charge in [-0.3, -0.25) is 0 Å². The molecule has 0 saturated heterocycles. The van der Waals surface area contributed by atoms with Crippen molar-refractivity contribution in [1.82, 2.24) is 14.9 Å². The van der Waals surface area contributed by atoms with E-state index < -0.39 is 33.4 Å². The second-order valence-corrected chi connectivity index (χ2v) is 11.0. The van der Waals surface area contributed by atoms with Crippen molar-refractivity contribution in [3.05, 3.63) is 77.2 Å². The summed E-state index contributed by atoms with van der Waals surface area (Å²) >= 11 is -0.830. The Bertz CT molecular complexity index is 1210. The first kappa shape index (κ1) is 25.3. The van der Waals surface area contributed by atoms with E-state index >= 15 is 0 Å². The quantitative estimate of drug-likeness (QED) is 0.333. The van der Waals surface area contributed by atoms with Crippen LogP contribution < -0.4 is 9.80 Å². The van der Waals surface area contributed by atoms with Crippen molar-refractivity contribution in [2.75, 3.05) is 7.11 Å². The number of fused-ring (bicyclic) bond motifs is 1. The molecule has 183 valence electrons. The van der Waals surface area contributed by atoms with Gasteiger partial charge >= 0.3 is 210 Å². The molecule has 3 aromatic rings. The summed E-state index contributed by atoms with van der Waals surface area (Å²) in [6.07, 6.45) is 6.80. The van der Waals surface area contributed by atoms with E-state index in [0.29, 0.717) is 30.4 Å². The molecule has 9 heteroatoms. The van der Waals surface area contributed by atoms with E-state index in [-0.39, 0.29) is 16.7 Å². The summed E-state index contributed by atoms with van der Waals surface area (Å²) in [5.41, 5.74) is 2.55. The Morgan fingerprint density at radius 1 is 1.26 bits per heavy atom. The summed E-state index contributed by atoms with van der Waals surface area (Å²) in [5, 5.41) is 3.46. The molecule has 1 aliphatic carbocycles. The number of rotatable bonds is 9. The monoisotopic (exact) mass is 542 g/mol. The van der Waals surface area contributed by atoms with E-state index in [4.69, 9.17) is 4.74 Å². The van der Waals surface area contributed by atoms with Crippen LogP contribution in [0.4, 0.5) is 8.78 Å². The van der Waals surface area contributed by atoms with Gasteiger partial charge in [0.25, 0.3) is 0 Å². The van der Waals surface area contributed by atoms with Crippen LogP contribution in [-0.4, -0.2) is 55.0 Å². The molecular weight excluding hydrogens is 515 g/mol. The number of ether oxygens (including phenoxy) is 1. The fourth-order valence-electron chi connectivity index (χ4n) is 4.37. The molecule has 1 N–H and O–H groups in total. The number of methoxy groups -OCH3 is 1. The SMILES string of the molecule is CCCC(NC1CCc2cc(F)cc(F)c2C1)C(=O)[As]c1cn(-c2ccc(C(=O)OC)cc2)cn1. The maximum atomic E-state index is 14.3. The van der Waals surface area contributed by atoms with Crippen molar-refractivity contribution < 1.29 is 23.1 Å². The molecule has 0 bridgehead atoms. The fraction of sp³-hybridized carbons (Fsp3) is 0.346. The van der Waals surface area contributed by atoms with Gasteiger partial charge in [0.2, 0.25) is 0 Å². The van der Waals surface area contributed by atoms with Gasteiger partial charge in [0.15, 0.2) is 0 Å². The molecule has 1 heterocycles. The summed E-state index contributed by atoms with van der Waals surface area (Å²) in [6.45, 7) is 2.03. The van der Waals surface area contributed by atoms with Crippen LogP contribution in [0.15, 0.2) is 48.9 Å². The Morgan fingerprint density at radius 3 is 2.74 bits per heavy atom. The van der Waals surface area contributed by atoms with Crippen LogP contribution in [0.3, 0.4) is 0 Å². The van der Waals surface area contributed by atoms with Crippen molar-refractivity contribution in [2.45, 2.75) is 51.1 Å². The molecule has 2 atom stereocenters. The Labute approximate surface area is 209 Å². The van der Waals surface area contributed by atoms with Crippen molar-refractivity contribution in [1.29, 1.82) is 0 Å². The third-order valence-electron chi connectivity index (χ3n) is 6.16. The number of aryl methyl sites for hydroxylation is 1. The number of hydrogen-bond donors (Lipinski definition) is 1. The predicted molar refractivity (Wildman–Crippen MR) is 129 cm³/mol. The molecule has 0 aliphatic heterocycles. The van der Waals surface area contributed by atoms with E-state index in [9.17, 15) is 18.4 Å². The second kappa shape index (κ2) is 11.3. The molecule has 4 rings (SSSR count). The number of carbonyl (C=O) groups excluding carboxylic acids is 2. The molecule has 2 aromatic carbocycles. The Hall–Kier alpha value is -2.83. The van der Waals surface area contributed by atoms with Crippen LogP contribution >= 0.6 is 0 Å². The van der Waals surface area contributed by atoms with E-state index in [2.05, 4.69) is 10.3 Å². The van der Waals surface area contributed by atoms with E-state index in [1.54, 1.807) is 30.6 Å². The van der Waals surface area contributed by atoms with Crippen LogP contribution in [0.1, 0.15) is 47.7 Å². The number of carbonyl (C=O) groups is 2. The number of hydrogen-bond acceptors (Lipinski definition) is 5. The molecule has 1 radical (unpaired) electrons. The van der Waals surface area contributed by atoms with Gasteiger partial charge in [-0.25, -0.2) is 0 Å². The average molecular weight is 542 g/mol. The first-order chi connectivity index (χ1) is 16.9. The standard InChI is InChI=1S/C26H27AsF2N3O3/c1-3-4-23(31-19-8-5-17-11-18(28)12-22(29)21(17)13-19)25(33)27-24-14-32(15-30-24)20-9-6-16(7-10-20)26(34)35-2/h6-7,9-12,14-15,19,23,31H,3-5,8,13H2,1-2H3. The number of nitrogens with zero attached hydrogens (tertiary/aromatic N) is 2. The molecule has 0 spiro atoms. The summed E-state index contributed by atoms with van der Waals surface area (Å²) in [7, 11) is 1.34. The predicted octanol–water partition coefficient (Wildman–Crippen LogP) is 3.11. The number of halogens is 2. The fourth-order valence-corrected chi connectivity index (χ4v) is 6.21. The van der Waals surface area contributed by atoms with Crippen molar-refractivity contribution in [3.63, 3.8) is 0 Å². The van der Waals surface area contributed by atoms with Gasteiger partial charge in [-0.2, -0.15) is 0 Å². The average Bonchev–Trinajstić information content (AvgIpc) is 3.32. The van der Waals surface area contributed by atoms with Gasteiger partial charge in [-0.05, 0) is 0 Å². The van der Waals surface area contributed by atoms with Gasteiger partial charge in [-0.1, -0.05) is 0 Å². The van der Waals surface area contributed by atoms with Crippen LogP contribution in [0.2, 0.25) is 0 Å². The maximum absolute atomic E-state index is 14.3. The van der Waals surface area contributed by atoms with Crippen molar-refractivity contribution in [3.8, 4) is 5.69 Å². The molecule has 0 amide bonds. The molecule has 2 unspecified atom stereocenters. The van der Waals surface area contributed by atoms with Gasteiger partial charge in [-0.15, -0.1) is 0 Å². The second-order valence-electron chi connectivity index (χ2n) is 8.60. The van der Waals surface area contributed by atoms with Gasteiger partial charge in [0.1, 0.15) is 0 Å². The number of nitrogens with one attached hydrogen (secondary N) is 1. The first-order valence-electron chi connectivity index (χ1n) is 11.6. The topological polar surface area (TPSA) is 73.2 Å². The van der Waals surface area contributed by atoms with Crippen LogP contribution in [0.25, 0.3) is 5.69 Å². The minimum atomic E-state index is -0.830. The zero-order valence-electron chi connectivity index (χ0n) is 19.6. The summed E-state index contributed by atoms with van der Waals surface area (Å²) in [5.74, 6) is -1.46. The van der Waals surface area contributed by atoms with Gasteiger partial charge < -0.3 is 0 Å². The molecule has 6 nitrogen and oxygen atoms in total. The van der Waals surface area contributed by atoms with Crippen molar-refractivity contribution in [2.24, 2.45) is 0 Å². The van der Waals surface area contributed by atoms with Crippen LogP contribution in [0.5, 0.6) is 0 Å². The normalized spacial score (nSPS) is 16.3. The third-order valence-corrected chi connectivity index (χ3v) is 8.24. The van der Waals surface area contributed by atoms with Crippen LogP contribution in [0, 0.1) is 11.6 Å². The number of esters is 1. The minimum absolute atomic E-state index is 0.0324. The van der Waals surface area contributed by atoms with Gasteiger partial charge in [0.05, 0.1) is 0 Å². The summed E-state index contributed by atoms with van der Waals surface area (Å²) in [6, 6.07) is 8.94. The van der Waals surface area contributed by atoms with E-state index in [0.717, 1.165) is 34.6 Å². The van der Waals surface area contributed by atoms with E-state index in [1.807, 2.05) is 17.7 Å². The number of benzene rings is 2. The van der Waals surface area contributed by atoms with Crippen LogP contribution in [-0.2, 0) is 22.4 Å². The third kappa shape index (κ3) is 6.06. The zero-order valence-corrected chi connectivity index (χ0v) is 21.5. The molecule has 0 saturated carbocycles. The number of aromatic nitrogens is 2. The van der Waals surface area contributed by atoms with E-state index in [1.165, 1.54) is 13.2 Å². The molecule has 35 heavy (non-hydrogen) atoms. The van der Waals surface area contributed by atoms with Crippen molar-refractivity contribution >= 4 is 30.8 Å². The van der Waals surface area contributed by atoms with Gasteiger partial charge in [0, 0.05) is 0 Å². The summed E-state index contributed by atoms with van der Waals surface area (Å²) < 4.78 is 35.2. The molecule has 0 fully saturated rings. The zero-order chi connectivity index (χ0) is 24.9. The Morgan fingerprint density at radius 2 is 2.03 bits per heavy atom. The Balaban J connectivity index is 1.40. The Kier molecular flexibility index (Phi) is 8.14.